The van der Waals surface area contributed by atoms with Gasteiger partial charge in [-0.3, -0.25) is 13.9 Å². The number of carbonyl (C=O) groups excluding carboxylic acids is 2. The van der Waals surface area contributed by atoms with E-state index in [0.29, 0.717) is 34.0 Å². The fourth-order valence-corrected chi connectivity index (χ4v) is 6.59. The van der Waals surface area contributed by atoms with Gasteiger partial charge in [0.2, 0.25) is 11.8 Å². The van der Waals surface area contributed by atoms with Crippen LogP contribution in [-0.4, -0.2) is 44.3 Å². The van der Waals surface area contributed by atoms with E-state index in [1.54, 1.807) is 31.2 Å². The van der Waals surface area contributed by atoms with Crippen molar-refractivity contribution in [2.45, 2.75) is 57.0 Å². The minimum Gasteiger partial charge on any atom is -0.354 e. The lowest BCUT2D eigenvalue weighted by Crippen LogP contribution is -2.48. The van der Waals surface area contributed by atoms with Crippen LogP contribution in [0, 0.1) is 0 Å². The lowest BCUT2D eigenvalue weighted by Gasteiger charge is -2.29. The molecule has 0 aliphatic carbocycles. The summed E-state index contributed by atoms with van der Waals surface area (Å²) in [7, 11) is -3.69. The van der Waals surface area contributed by atoms with Crippen LogP contribution in [0.1, 0.15) is 45.1 Å². The molecule has 1 atom stereocenters. The van der Waals surface area contributed by atoms with Crippen molar-refractivity contribution >= 4 is 49.9 Å². The van der Waals surface area contributed by atoms with Crippen LogP contribution in [0.5, 0.6) is 0 Å². The zero-order chi connectivity index (χ0) is 26.6. The number of unbranched alkanes of at least 4 members (excludes halogenated alkanes) is 1. The Kier molecular flexibility index (Phi) is 8.39. The molecular weight excluding hydrogens is 510 g/mol. The molecule has 37 heavy (non-hydrogen) atoms. The number of benzene rings is 3. The van der Waals surface area contributed by atoms with Gasteiger partial charge in [0, 0.05) is 36.5 Å². The third-order valence-corrected chi connectivity index (χ3v) is 8.95. The Balaban J connectivity index is 1.48. The first kappa shape index (κ1) is 26.9. The largest absolute Gasteiger partial charge is 0.354 e. The van der Waals surface area contributed by atoms with Crippen molar-refractivity contribution in [2.75, 3.05) is 17.4 Å². The topological polar surface area (TPSA) is 86.8 Å². The van der Waals surface area contributed by atoms with Gasteiger partial charge in [-0.15, -0.1) is 0 Å². The molecule has 0 unspecified atom stereocenters. The molecule has 3 aromatic carbocycles. The average molecular weight is 542 g/mol. The fourth-order valence-electron chi connectivity index (χ4n) is 4.65. The molecule has 0 saturated heterocycles. The standard InChI is InChI=1S/C28H32ClN3O4S/c1-3-4-17-30-28(34)20(2)31(19-22-10-5-6-13-23(22)29)26(33)16-9-18-32-24-14-7-11-21-12-8-15-25(27(21)24)37(32,35)36/h5-8,10-15,20H,3-4,9,16-19H2,1-2H3,(H,30,34)/t20-/m1/s1. The first-order chi connectivity index (χ1) is 17.8. The fraction of sp³-hybridized carbons (Fsp3) is 0.357. The van der Waals surface area contributed by atoms with Crippen LogP contribution >= 0.6 is 11.6 Å². The smallest absolute Gasteiger partial charge is 0.265 e. The molecule has 9 heteroatoms. The number of nitrogens with zero attached hydrogens (tertiary/aromatic N) is 2. The van der Waals surface area contributed by atoms with E-state index in [1.165, 1.54) is 9.21 Å². The molecule has 196 valence electrons. The molecule has 0 spiro atoms. The zero-order valence-electron chi connectivity index (χ0n) is 21.1. The molecule has 0 aromatic heterocycles. The molecular formula is C28H32ClN3O4S. The van der Waals surface area contributed by atoms with Crippen LogP contribution in [0.4, 0.5) is 5.69 Å². The molecule has 1 aliphatic heterocycles. The average Bonchev–Trinajstić information content (AvgIpc) is 3.11. The van der Waals surface area contributed by atoms with Crippen molar-refractivity contribution in [3.05, 3.63) is 71.2 Å². The Hall–Kier alpha value is -3.10. The SMILES string of the molecule is CCCCNC(=O)[C@@H](C)N(Cc1ccccc1Cl)C(=O)CCCN1c2cccc3cccc(c23)S1(=O)=O. The zero-order valence-corrected chi connectivity index (χ0v) is 22.7. The summed E-state index contributed by atoms with van der Waals surface area (Å²) in [5.41, 5.74) is 1.38. The summed E-state index contributed by atoms with van der Waals surface area (Å²) in [6.45, 7) is 4.65. The van der Waals surface area contributed by atoms with E-state index in [-0.39, 0.29) is 31.3 Å². The quantitative estimate of drug-likeness (QED) is 0.341. The number of sulfonamides is 1. The molecule has 4 rings (SSSR count). The van der Waals surface area contributed by atoms with E-state index in [9.17, 15) is 18.0 Å². The van der Waals surface area contributed by atoms with Crippen LogP contribution in [0.2, 0.25) is 5.02 Å². The maximum absolute atomic E-state index is 13.4. The maximum atomic E-state index is 13.4. The number of hydrogen-bond acceptors (Lipinski definition) is 4. The van der Waals surface area contributed by atoms with Gasteiger partial charge in [0.25, 0.3) is 10.0 Å². The van der Waals surface area contributed by atoms with Crippen LogP contribution in [0.3, 0.4) is 0 Å². The number of anilines is 1. The number of amides is 2. The molecule has 0 saturated carbocycles. The van der Waals surface area contributed by atoms with Gasteiger partial charge in [-0.1, -0.05) is 67.4 Å². The van der Waals surface area contributed by atoms with E-state index in [0.717, 1.165) is 23.8 Å². The summed E-state index contributed by atoms with van der Waals surface area (Å²) in [6, 6.07) is 17.3. The Labute approximate surface area is 223 Å². The van der Waals surface area contributed by atoms with Crippen LogP contribution in [0.15, 0.2) is 65.6 Å². The van der Waals surface area contributed by atoms with Crippen molar-refractivity contribution in [3.63, 3.8) is 0 Å². The molecule has 0 bridgehead atoms. The van der Waals surface area contributed by atoms with Gasteiger partial charge in [-0.25, -0.2) is 8.42 Å². The second-order valence-electron chi connectivity index (χ2n) is 9.25. The first-order valence-corrected chi connectivity index (χ1v) is 14.4. The highest BCUT2D eigenvalue weighted by Crippen LogP contribution is 2.42. The lowest BCUT2D eigenvalue weighted by molar-refractivity contribution is -0.140. The van der Waals surface area contributed by atoms with Crippen molar-refractivity contribution in [1.29, 1.82) is 0 Å². The third kappa shape index (κ3) is 5.60. The number of nitrogens with one attached hydrogen (secondary N) is 1. The van der Waals surface area contributed by atoms with Gasteiger partial charge in [-0.2, -0.15) is 0 Å². The summed E-state index contributed by atoms with van der Waals surface area (Å²) in [5, 5.41) is 5.00. The molecule has 1 heterocycles. The van der Waals surface area contributed by atoms with Gasteiger partial charge in [0.1, 0.15) is 6.04 Å². The van der Waals surface area contributed by atoms with E-state index in [2.05, 4.69) is 5.32 Å². The number of halogens is 1. The van der Waals surface area contributed by atoms with Crippen LogP contribution < -0.4 is 9.62 Å². The summed E-state index contributed by atoms with van der Waals surface area (Å²) >= 11 is 6.35. The van der Waals surface area contributed by atoms with Crippen molar-refractivity contribution in [3.8, 4) is 0 Å². The number of rotatable bonds is 11. The van der Waals surface area contributed by atoms with Crippen LogP contribution in [-0.2, 0) is 26.2 Å². The van der Waals surface area contributed by atoms with E-state index in [4.69, 9.17) is 11.6 Å². The molecule has 2 amide bonds. The highest BCUT2D eigenvalue weighted by molar-refractivity contribution is 7.93. The third-order valence-electron chi connectivity index (χ3n) is 6.73. The Morgan fingerprint density at radius 1 is 1.03 bits per heavy atom. The summed E-state index contributed by atoms with van der Waals surface area (Å²) in [4.78, 5) is 28.0. The minimum atomic E-state index is -3.69. The Bertz CT molecular complexity index is 1400. The lowest BCUT2D eigenvalue weighted by atomic mass is 10.1. The number of carbonyl (C=O) groups is 2. The van der Waals surface area contributed by atoms with Crippen molar-refractivity contribution < 1.29 is 18.0 Å². The van der Waals surface area contributed by atoms with E-state index >= 15 is 0 Å². The highest BCUT2D eigenvalue weighted by atomic mass is 35.5. The predicted octanol–water partition coefficient (Wildman–Crippen LogP) is 5.12. The summed E-state index contributed by atoms with van der Waals surface area (Å²) in [5.74, 6) is -0.455. The summed E-state index contributed by atoms with van der Waals surface area (Å²) in [6.07, 6.45) is 2.21. The second-order valence-corrected chi connectivity index (χ2v) is 11.5. The molecule has 1 aliphatic rings. The minimum absolute atomic E-state index is 0.0926. The van der Waals surface area contributed by atoms with E-state index in [1.807, 2.05) is 43.3 Å². The van der Waals surface area contributed by atoms with Gasteiger partial charge in [-0.05, 0) is 48.9 Å². The molecule has 7 nitrogen and oxygen atoms in total. The van der Waals surface area contributed by atoms with E-state index < -0.39 is 16.1 Å². The first-order valence-electron chi connectivity index (χ1n) is 12.6. The maximum Gasteiger partial charge on any atom is 0.265 e. The Morgan fingerprint density at radius 2 is 1.76 bits per heavy atom. The molecule has 0 fully saturated rings. The van der Waals surface area contributed by atoms with Gasteiger partial charge in [0.05, 0.1) is 10.6 Å². The van der Waals surface area contributed by atoms with Gasteiger partial charge < -0.3 is 10.2 Å². The molecule has 3 aromatic rings. The van der Waals surface area contributed by atoms with Gasteiger partial charge >= 0.3 is 0 Å². The predicted molar refractivity (Wildman–Crippen MR) is 147 cm³/mol. The highest BCUT2D eigenvalue weighted by Gasteiger charge is 2.35. The van der Waals surface area contributed by atoms with Crippen LogP contribution in [0.25, 0.3) is 10.8 Å². The second kappa shape index (κ2) is 11.5. The van der Waals surface area contributed by atoms with Crippen molar-refractivity contribution in [1.82, 2.24) is 10.2 Å². The summed E-state index contributed by atoms with van der Waals surface area (Å²) < 4.78 is 27.9. The Morgan fingerprint density at radius 3 is 2.49 bits per heavy atom. The van der Waals surface area contributed by atoms with Gasteiger partial charge in [0.15, 0.2) is 0 Å². The molecule has 1 N–H and O–H groups in total. The van der Waals surface area contributed by atoms with Crippen molar-refractivity contribution in [2.24, 2.45) is 0 Å². The molecule has 0 radical (unpaired) electrons. The monoisotopic (exact) mass is 541 g/mol. The normalized spacial score (nSPS) is 14.5. The number of hydrogen-bond donors (Lipinski definition) is 1.